The molecule has 0 fully saturated rings. The van der Waals surface area contributed by atoms with E-state index in [4.69, 9.17) is 16.2 Å². The van der Waals surface area contributed by atoms with Gasteiger partial charge in [-0.15, -0.1) is 0 Å². The minimum Gasteiger partial charge on any atom is -0.422 e. The van der Waals surface area contributed by atoms with Gasteiger partial charge < -0.3 is 9.47 Å². The van der Waals surface area contributed by atoms with Crippen molar-refractivity contribution in [3.05, 3.63) is 27.8 Å². The van der Waals surface area contributed by atoms with Gasteiger partial charge in [0.15, 0.2) is 11.0 Å². The van der Waals surface area contributed by atoms with Gasteiger partial charge in [0.05, 0.1) is 4.92 Å². The van der Waals surface area contributed by atoms with Crippen molar-refractivity contribution in [1.29, 1.82) is 0 Å². The largest absolute Gasteiger partial charge is 0.422 e. The first kappa shape index (κ1) is 20.5. The molecule has 136 valence electrons. The van der Waals surface area contributed by atoms with Crippen molar-refractivity contribution in [1.82, 2.24) is 0 Å². The zero-order chi connectivity index (χ0) is 19.5. The van der Waals surface area contributed by atoms with Crippen LogP contribution in [0, 0.1) is 10.1 Å². The molecule has 0 aromatic heterocycles. The number of nitro groups is 1. The van der Waals surface area contributed by atoms with Crippen LogP contribution in [0.2, 0.25) is 0 Å². The summed E-state index contributed by atoms with van der Waals surface area (Å²) >= 11 is 5.14. The molecule has 0 heterocycles. The average Bonchev–Trinajstić information content (AvgIpc) is 2.37. The van der Waals surface area contributed by atoms with Gasteiger partial charge in [0.25, 0.3) is 15.9 Å². The smallest absolute Gasteiger partial charge is 0.315 e. The fourth-order valence-electron chi connectivity index (χ4n) is 1.79. The van der Waals surface area contributed by atoms with Gasteiger partial charge in [-0.1, -0.05) is 0 Å². The number of nitro benzene ring substituents is 1. The molecule has 0 spiro atoms. The number of halogens is 1. The first-order valence-corrected chi connectivity index (χ1v) is 8.07. The Morgan fingerprint density at radius 3 is 2.08 bits per heavy atom. The molecule has 0 saturated carbocycles. The number of benzene rings is 1. The van der Waals surface area contributed by atoms with Crippen molar-refractivity contribution < 1.29 is 41.8 Å². The minimum absolute atomic E-state index is 0.546. The summed E-state index contributed by atoms with van der Waals surface area (Å²) in [6.07, 6.45) is 0. The first-order chi connectivity index (χ1) is 11.3. The molecule has 11 nitrogen and oxygen atoms in total. The molecule has 1 atom stereocenters. The number of rotatable bonds is 6. The highest BCUT2D eigenvalue weighted by atomic mass is 35.5. The maximum Gasteiger partial charge on any atom is 0.315 e. The Kier molecular flexibility index (Phi) is 6.18. The van der Waals surface area contributed by atoms with E-state index in [2.05, 4.69) is 9.47 Å². The molecule has 0 amide bonds. The first-order valence-electron chi connectivity index (χ1n) is 6.19. The molecular formula is C12H10ClNO10S. The summed E-state index contributed by atoms with van der Waals surface area (Å²) in [5, 5.41) is 7.23. The van der Waals surface area contributed by atoms with Crippen LogP contribution in [0.4, 0.5) is 5.69 Å². The lowest BCUT2D eigenvalue weighted by molar-refractivity contribution is -0.385. The van der Waals surface area contributed by atoms with E-state index >= 15 is 0 Å². The van der Waals surface area contributed by atoms with Gasteiger partial charge >= 0.3 is 17.6 Å². The highest BCUT2D eigenvalue weighted by molar-refractivity contribution is 7.87. The van der Waals surface area contributed by atoms with Gasteiger partial charge in [-0.2, -0.15) is 8.42 Å². The summed E-state index contributed by atoms with van der Waals surface area (Å²) in [5.74, 6) is -3.48. The highest BCUT2D eigenvalue weighted by Crippen LogP contribution is 2.41. The zero-order valence-corrected chi connectivity index (χ0v) is 14.2. The van der Waals surface area contributed by atoms with Gasteiger partial charge in [0.2, 0.25) is 5.24 Å². The van der Waals surface area contributed by atoms with E-state index in [1.165, 1.54) is 0 Å². The monoisotopic (exact) mass is 395 g/mol. The van der Waals surface area contributed by atoms with Crippen molar-refractivity contribution in [3.63, 3.8) is 0 Å². The van der Waals surface area contributed by atoms with Crippen molar-refractivity contribution in [2.24, 2.45) is 0 Å². The predicted molar refractivity (Wildman–Crippen MR) is 80.9 cm³/mol. The van der Waals surface area contributed by atoms with Crippen molar-refractivity contribution in [2.45, 2.75) is 19.1 Å². The number of hydrogen-bond donors (Lipinski definition) is 1. The molecule has 0 aliphatic carbocycles. The van der Waals surface area contributed by atoms with Crippen LogP contribution in [0.25, 0.3) is 0 Å². The Hall–Kier alpha value is -2.57. The second-order valence-corrected chi connectivity index (χ2v) is 6.38. The molecule has 0 bridgehead atoms. The number of hydrogen-bond acceptors (Lipinski definition) is 9. The molecule has 0 aliphatic heterocycles. The lowest BCUT2D eigenvalue weighted by Gasteiger charge is -2.14. The van der Waals surface area contributed by atoms with Crippen LogP contribution in [-0.2, 0) is 24.5 Å². The van der Waals surface area contributed by atoms with Crippen LogP contribution >= 0.6 is 11.6 Å². The van der Waals surface area contributed by atoms with Crippen LogP contribution in [0.15, 0.2) is 12.1 Å². The summed E-state index contributed by atoms with van der Waals surface area (Å²) in [4.78, 5) is 43.7. The second-order valence-electron chi connectivity index (χ2n) is 4.51. The molecule has 1 rings (SSSR count). The van der Waals surface area contributed by atoms with Crippen LogP contribution in [0.5, 0.6) is 11.5 Å². The molecule has 1 aromatic rings. The standard InChI is InChI=1S/C12H10ClNO10S/c1-5(15)23-9-4-7(11(12(13)17)25(20,21)22)3-8(14(18)19)10(9)24-6(2)16/h3-4,11H,1-2H3,(H,20,21,22). The molecule has 1 aromatic carbocycles. The number of carbonyl (C=O) groups excluding carboxylic acids is 3. The van der Waals surface area contributed by atoms with Gasteiger partial charge in [0.1, 0.15) is 0 Å². The maximum absolute atomic E-state index is 11.3. The fraction of sp³-hybridized carbons (Fsp3) is 0.250. The van der Waals surface area contributed by atoms with Gasteiger partial charge in [-0.3, -0.25) is 29.1 Å². The third kappa shape index (κ3) is 5.20. The SMILES string of the molecule is CC(=O)Oc1cc(C(C(=O)Cl)S(=O)(=O)O)cc([N+](=O)[O-])c1OC(C)=O. The topological polar surface area (TPSA) is 167 Å². The molecule has 1 unspecified atom stereocenters. The number of carbonyl (C=O) groups is 3. The van der Waals surface area contributed by atoms with Crippen molar-refractivity contribution in [3.8, 4) is 11.5 Å². The fourth-order valence-corrected chi connectivity index (χ4v) is 2.97. The average molecular weight is 396 g/mol. The Morgan fingerprint density at radius 1 is 1.20 bits per heavy atom. The van der Waals surface area contributed by atoms with E-state index in [1.54, 1.807) is 0 Å². The summed E-state index contributed by atoms with van der Waals surface area (Å²) in [5.41, 5.74) is -1.66. The third-order valence-corrected chi connectivity index (χ3v) is 3.99. The highest BCUT2D eigenvalue weighted by Gasteiger charge is 2.36. The summed E-state index contributed by atoms with van der Waals surface area (Å²) in [6.45, 7) is 1.83. The lowest BCUT2D eigenvalue weighted by Crippen LogP contribution is -2.19. The predicted octanol–water partition coefficient (Wildman–Crippen LogP) is 1.14. The van der Waals surface area contributed by atoms with E-state index in [0.29, 0.717) is 12.1 Å². The Bertz CT molecular complexity index is 863. The van der Waals surface area contributed by atoms with E-state index in [9.17, 15) is 32.9 Å². The van der Waals surface area contributed by atoms with Gasteiger partial charge in [-0.25, -0.2) is 0 Å². The Morgan fingerprint density at radius 2 is 1.72 bits per heavy atom. The molecule has 1 N–H and O–H groups in total. The van der Waals surface area contributed by atoms with E-state index < -0.39 is 60.2 Å². The summed E-state index contributed by atoms with van der Waals surface area (Å²) < 4.78 is 41.1. The maximum atomic E-state index is 11.3. The van der Waals surface area contributed by atoms with Crippen molar-refractivity contribution >= 4 is 44.6 Å². The molecule has 13 heteroatoms. The molecular weight excluding hydrogens is 386 g/mol. The van der Waals surface area contributed by atoms with Crippen molar-refractivity contribution in [2.75, 3.05) is 0 Å². The Balaban J connectivity index is 3.81. The minimum atomic E-state index is -5.09. The summed E-state index contributed by atoms with van der Waals surface area (Å²) in [7, 11) is -5.09. The summed E-state index contributed by atoms with van der Waals surface area (Å²) in [6, 6.07) is 1.25. The molecule has 0 saturated heterocycles. The van der Waals surface area contributed by atoms with E-state index in [0.717, 1.165) is 13.8 Å². The van der Waals surface area contributed by atoms with Crippen LogP contribution in [0.1, 0.15) is 24.7 Å². The third-order valence-electron chi connectivity index (χ3n) is 2.56. The van der Waals surface area contributed by atoms with Gasteiger partial charge in [0, 0.05) is 19.9 Å². The number of ether oxygens (including phenoxy) is 2. The molecule has 0 radical (unpaired) electrons. The van der Waals surface area contributed by atoms with Gasteiger partial charge in [-0.05, 0) is 23.2 Å². The van der Waals surface area contributed by atoms with Crippen LogP contribution < -0.4 is 9.47 Å². The molecule has 0 aliphatic rings. The lowest BCUT2D eigenvalue weighted by atomic mass is 10.1. The Labute approximate surface area is 145 Å². The zero-order valence-electron chi connectivity index (χ0n) is 12.6. The van der Waals surface area contributed by atoms with Crippen LogP contribution in [0.3, 0.4) is 0 Å². The second kappa shape index (κ2) is 7.55. The number of esters is 2. The van der Waals surface area contributed by atoms with E-state index in [1.807, 2.05) is 0 Å². The molecule has 25 heavy (non-hydrogen) atoms. The quantitative estimate of drug-likeness (QED) is 0.184. The normalized spacial score (nSPS) is 12.2. The van der Waals surface area contributed by atoms with Crippen LogP contribution in [-0.4, -0.2) is 35.1 Å². The van der Waals surface area contributed by atoms with E-state index in [-0.39, 0.29) is 0 Å². The number of nitrogens with zero attached hydrogens (tertiary/aromatic N) is 1.